The average Bonchev–Trinajstić information content (AvgIpc) is 2.92. The molecule has 1 N–H and O–H groups in total. The van der Waals surface area contributed by atoms with Gasteiger partial charge in [0.15, 0.2) is 0 Å². The van der Waals surface area contributed by atoms with Crippen LogP contribution in [-0.2, 0) is 4.79 Å². The van der Waals surface area contributed by atoms with Crippen molar-refractivity contribution in [3.05, 3.63) is 39.4 Å². The van der Waals surface area contributed by atoms with Crippen molar-refractivity contribution in [3.63, 3.8) is 0 Å². The van der Waals surface area contributed by atoms with E-state index in [1.165, 1.54) is 11.0 Å². The average molecular weight is 403 g/mol. The molecule has 0 saturated carbocycles. The number of amides is 5. The number of nitrogens with zero attached hydrogens (tertiary/aromatic N) is 4. The molecular weight excluding hydrogens is 382 g/mol. The van der Waals surface area contributed by atoms with Crippen LogP contribution in [0.2, 0.25) is 0 Å². The summed E-state index contributed by atoms with van der Waals surface area (Å²) in [5.74, 6) is -1.73. The lowest BCUT2D eigenvalue weighted by molar-refractivity contribution is -0.384. The Hall–Kier alpha value is -3.50. The molecule has 0 radical (unpaired) electrons. The Morgan fingerprint density at radius 2 is 1.79 bits per heavy atom. The van der Waals surface area contributed by atoms with Crippen LogP contribution in [0.4, 0.5) is 10.5 Å². The molecule has 2 heterocycles. The Balaban J connectivity index is 1.60. The van der Waals surface area contributed by atoms with Crippen molar-refractivity contribution in [3.8, 4) is 0 Å². The van der Waals surface area contributed by atoms with Crippen molar-refractivity contribution in [2.45, 2.75) is 18.9 Å². The minimum Gasteiger partial charge on any atom is -0.341 e. The normalized spacial score (nSPS) is 16.6. The van der Waals surface area contributed by atoms with Crippen molar-refractivity contribution in [2.75, 3.05) is 33.7 Å². The van der Waals surface area contributed by atoms with Crippen LogP contribution in [0.15, 0.2) is 18.2 Å². The molecule has 0 atom stereocenters. The monoisotopic (exact) mass is 403 g/mol. The maximum Gasteiger partial charge on any atom is 0.317 e. The fourth-order valence-corrected chi connectivity index (χ4v) is 3.35. The number of carbonyl (C=O) groups excluding carboxylic acids is 4. The maximum absolute atomic E-state index is 12.6. The predicted octanol–water partition coefficient (Wildman–Crippen LogP) is 0.453. The number of hydrogen-bond donors (Lipinski definition) is 1. The summed E-state index contributed by atoms with van der Waals surface area (Å²) in [5, 5.41) is 13.8. The fraction of sp³-hybridized carbons (Fsp3) is 0.444. The Kier molecular flexibility index (Phi) is 5.48. The topological polar surface area (TPSA) is 133 Å². The van der Waals surface area contributed by atoms with Gasteiger partial charge in [-0.2, -0.15) is 0 Å². The van der Waals surface area contributed by atoms with Crippen molar-refractivity contribution >= 4 is 29.4 Å². The van der Waals surface area contributed by atoms with E-state index in [9.17, 15) is 29.3 Å². The first kappa shape index (κ1) is 20.2. The second kappa shape index (κ2) is 7.86. The van der Waals surface area contributed by atoms with Crippen molar-refractivity contribution in [2.24, 2.45) is 0 Å². The zero-order chi connectivity index (χ0) is 21.3. The Morgan fingerprint density at radius 3 is 2.38 bits per heavy atom. The predicted molar refractivity (Wildman–Crippen MR) is 100 cm³/mol. The minimum absolute atomic E-state index is 0.0474. The van der Waals surface area contributed by atoms with Crippen LogP contribution in [0.1, 0.15) is 33.6 Å². The highest BCUT2D eigenvalue weighted by Crippen LogP contribution is 2.27. The molecule has 1 aromatic carbocycles. The smallest absolute Gasteiger partial charge is 0.317 e. The molecule has 5 amide bonds. The van der Waals surface area contributed by atoms with Gasteiger partial charge in [-0.1, -0.05) is 0 Å². The zero-order valence-electron chi connectivity index (χ0n) is 16.1. The molecule has 29 heavy (non-hydrogen) atoms. The molecule has 2 aliphatic rings. The van der Waals surface area contributed by atoms with Crippen LogP contribution in [0.25, 0.3) is 0 Å². The van der Waals surface area contributed by atoms with Crippen LogP contribution in [0.5, 0.6) is 0 Å². The number of carbonyl (C=O) groups is 4. The lowest BCUT2D eigenvalue weighted by atomic mass is 10.1. The first-order chi connectivity index (χ1) is 13.7. The van der Waals surface area contributed by atoms with Gasteiger partial charge in [-0.3, -0.25) is 29.4 Å². The molecule has 11 heteroatoms. The Morgan fingerprint density at radius 1 is 1.17 bits per heavy atom. The lowest BCUT2D eigenvalue weighted by Crippen LogP contribution is -2.51. The Labute approximate surface area is 166 Å². The summed E-state index contributed by atoms with van der Waals surface area (Å²) < 4.78 is 0. The van der Waals surface area contributed by atoms with E-state index in [1.807, 2.05) is 0 Å². The number of imide groups is 1. The molecule has 2 aliphatic heterocycles. The third-order valence-electron chi connectivity index (χ3n) is 5.04. The summed E-state index contributed by atoms with van der Waals surface area (Å²) in [6.45, 7) is 0.368. The summed E-state index contributed by atoms with van der Waals surface area (Å²) in [4.78, 5) is 63.3. The number of nitrogens with one attached hydrogen (secondary N) is 1. The van der Waals surface area contributed by atoms with E-state index in [0.717, 1.165) is 17.0 Å². The van der Waals surface area contributed by atoms with E-state index in [-0.39, 0.29) is 34.8 Å². The summed E-state index contributed by atoms with van der Waals surface area (Å²) in [6.07, 6.45) is 1.14. The van der Waals surface area contributed by atoms with Gasteiger partial charge in [-0.25, -0.2) is 4.79 Å². The molecule has 3 rings (SSSR count). The fourth-order valence-electron chi connectivity index (χ4n) is 3.35. The van der Waals surface area contributed by atoms with Crippen molar-refractivity contribution < 1.29 is 24.1 Å². The van der Waals surface area contributed by atoms with E-state index in [0.29, 0.717) is 25.9 Å². The van der Waals surface area contributed by atoms with E-state index in [2.05, 4.69) is 5.32 Å². The van der Waals surface area contributed by atoms with Gasteiger partial charge in [-0.15, -0.1) is 0 Å². The van der Waals surface area contributed by atoms with Gasteiger partial charge >= 0.3 is 6.03 Å². The molecule has 11 nitrogen and oxygen atoms in total. The van der Waals surface area contributed by atoms with Gasteiger partial charge in [0, 0.05) is 45.4 Å². The molecule has 0 unspecified atom stereocenters. The number of nitro benzene ring substituents is 1. The van der Waals surface area contributed by atoms with Crippen LogP contribution in [0.3, 0.4) is 0 Å². The highest BCUT2D eigenvalue weighted by atomic mass is 16.6. The number of benzene rings is 1. The lowest BCUT2D eigenvalue weighted by Gasteiger charge is -2.33. The standard InChI is InChI=1S/C18H21N5O6/c1-20(2)18(27)19-11-5-7-21(8-6-11)15(24)10-22-16(25)13-4-3-12(23(28)29)9-14(13)17(22)26/h3-4,9,11H,5-8,10H2,1-2H3,(H,19,27). The van der Waals surface area contributed by atoms with Gasteiger partial charge in [0.25, 0.3) is 17.5 Å². The number of hydrogen-bond acceptors (Lipinski definition) is 6. The van der Waals surface area contributed by atoms with E-state index >= 15 is 0 Å². The first-order valence-corrected chi connectivity index (χ1v) is 9.09. The number of piperidine rings is 1. The number of likely N-dealkylation sites (tertiary alicyclic amines) is 1. The number of nitro groups is 1. The van der Waals surface area contributed by atoms with Crippen molar-refractivity contribution in [1.29, 1.82) is 0 Å². The van der Waals surface area contributed by atoms with Gasteiger partial charge in [0.1, 0.15) is 6.54 Å². The first-order valence-electron chi connectivity index (χ1n) is 9.09. The molecule has 0 aromatic heterocycles. The number of non-ortho nitro benzene ring substituents is 1. The third-order valence-corrected chi connectivity index (χ3v) is 5.04. The number of rotatable bonds is 4. The van der Waals surface area contributed by atoms with Gasteiger partial charge in [-0.05, 0) is 18.9 Å². The minimum atomic E-state index is -0.713. The highest BCUT2D eigenvalue weighted by molar-refractivity contribution is 6.22. The highest BCUT2D eigenvalue weighted by Gasteiger charge is 2.38. The summed E-state index contributed by atoms with van der Waals surface area (Å²) in [7, 11) is 3.29. The molecule has 1 aromatic rings. The van der Waals surface area contributed by atoms with Crippen LogP contribution < -0.4 is 5.32 Å². The van der Waals surface area contributed by atoms with Gasteiger partial charge in [0.2, 0.25) is 5.91 Å². The van der Waals surface area contributed by atoms with Gasteiger partial charge < -0.3 is 15.1 Å². The quantitative estimate of drug-likeness (QED) is 0.441. The molecule has 1 saturated heterocycles. The Bertz CT molecular complexity index is 891. The zero-order valence-corrected chi connectivity index (χ0v) is 16.1. The van der Waals surface area contributed by atoms with E-state index in [4.69, 9.17) is 0 Å². The van der Waals surface area contributed by atoms with Crippen LogP contribution >= 0.6 is 0 Å². The molecule has 0 spiro atoms. The summed E-state index contributed by atoms with van der Waals surface area (Å²) in [6, 6.07) is 3.20. The number of fused-ring (bicyclic) bond motifs is 1. The molecule has 0 aliphatic carbocycles. The van der Waals surface area contributed by atoms with Crippen LogP contribution in [-0.4, -0.2) is 83.1 Å². The summed E-state index contributed by atoms with van der Waals surface area (Å²) >= 11 is 0. The second-order valence-corrected chi connectivity index (χ2v) is 7.18. The molecule has 0 bridgehead atoms. The van der Waals surface area contributed by atoms with E-state index < -0.39 is 23.3 Å². The molecule has 1 fully saturated rings. The second-order valence-electron chi connectivity index (χ2n) is 7.18. The SMILES string of the molecule is CN(C)C(=O)NC1CCN(C(=O)CN2C(=O)c3ccc([N+](=O)[O-])cc3C2=O)CC1. The van der Waals surface area contributed by atoms with Gasteiger partial charge in [0.05, 0.1) is 16.1 Å². The maximum atomic E-state index is 12.6. The largest absolute Gasteiger partial charge is 0.341 e. The number of urea groups is 1. The summed E-state index contributed by atoms with van der Waals surface area (Å²) in [5.41, 5.74) is -0.305. The third kappa shape index (κ3) is 4.03. The van der Waals surface area contributed by atoms with Crippen LogP contribution in [0, 0.1) is 10.1 Å². The molecular formula is C18H21N5O6. The van der Waals surface area contributed by atoms with Crippen molar-refractivity contribution in [1.82, 2.24) is 20.0 Å². The van der Waals surface area contributed by atoms with E-state index in [1.54, 1.807) is 19.0 Å². The molecule has 154 valence electrons.